The molecule has 0 aromatic rings. The molecule has 0 aromatic heterocycles. The number of likely N-dealkylation sites (tertiary alicyclic amines) is 1. The van der Waals surface area contributed by atoms with Gasteiger partial charge in [-0.25, -0.2) is 0 Å². The number of hydrogen-bond acceptors (Lipinski definition) is 2. The first kappa shape index (κ1) is 13.6. The van der Waals surface area contributed by atoms with Crippen molar-refractivity contribution < 1.29 is 0 Å². The van der Waals surface area contributed by atoms with Gasteiger partial charge in [-0.1, -0.05) is 19.3 Å². The molecular formula is C18H32N2. The highest BCUT2D eigenvalue weighted by molar-refractivity contribution is 4.92. The molecule has 1 aliphatic carbocycles. The smallest absolute Gasteiger partial charge is 0.00728 e. The molecule has 2 bridgehead atoms. The molecular weight excluding hydrogens is 244 g/mol. The van der Waals surface area contributed by atoms with Gasteiger partial charge in [0, 0.05) is 18.6 Å². The zero-order valence-corrected chi connectivity index (χ0v) is 13.0. The van der Waals surface area contributed by atoms with Crippen molar-refractivity contribution in [1.29, 1.82) is 0 Å². The van der Waals surface area contributed by atoms with Gasteiger partial charge in [-0.05, 0) is 75.8 Å². The van der Waals surface area contributed by atoms with Crippen molar-refractivity contribution in [2.24, 2.45) is 17.8 Å². The summed E-state index contributed by atoms with van der Waals surface area (Å²) in [6.07, 6.45) is 14.9. The highest BCUT2D eigenvalue weighted by atomic mass is 15.1. The molecule has 0 amide bonds. The SMILES string of the molecule is C1CCC2CN(CCC3CC4CCC(C3)N4)CCC2C1. The Morgan fingerprint density at radius 2 is 1.60 bits per heavy atom. The maximum Gasteiger partial charge on any atom is 0.00728 e. The molecule has 3 aliphatic heterocycles. The Labute approximate surface area is 124 Å². The average Bonchev–Trinajstić information content (AvgIpc) is 2.84. The largest absolute Gasteiger partial charge is 0.311 e. The van der Waals surface area contributed by atoms with Gasteiger partial charge in [-0.3, -0.25) is 0 Å². The van der Waals surface area contributed by atoms with Gasteiger partial charge in [-0.15, -0.1) is 0 Å². The Kier molecular flexibility index (Phi) is 4.05. The van der Waals surface area contributed by atoms with Crippen LogP contribution in [0.25, 0.3) is 0 Å². The number of piperidine rings is 2. The van der Waals surface area contributed by atoms with Crippen LogP contribution in [0.4, 0.5) is 0 Å². The summed E-state index contributed by atoms with van der Waals surface area (Å²) in [5.74, 6) is 3.18. The molecule has 0 spiro atoms. The number of nitrogens with zero attached hydrogens (tertiary/aromatic N) is 1. The molecule has 4 fully saturated rings. The second-order valence-electron chi connectivity index (χ2n) is 8.16. The molecule has 0 radical (unpaired) electrons. The fraction of sp³-hybridized carbons (Fsp3) is 1.00. The Hall–Kier alpha value is -0.0800. The van der Waals surface area contributed by atoms with Crippen LogP contribution in [0, 0.1) is 17.8 Å². The van der Waals surface area contributed by atoms with Gasteiger partial charge in [0.2, 0.25) is 0 Å². The molecule has 20 heavy (non-hydrogen) atoms. The van der Waals surface area contributed by atoms with Gasteiger partial charge >= 0.3 is 0 Å². The first-order valence-corrected chi connectivity index (χ1v) is 9.35. The van der Waals surface area contributed by atoms with Crippen molar-refractivity contribution in [2.75, 3.05) is 19.6 Å². The van der Waals surface area contributed by atoms with Crippen LogP contribution in [0.15, 0.2) is 0 Å². The third-order valence-electron chi connectivity index (χ3n) is 6.80. The molecule has 3 heterocycles. The van der Waals surface area contributed by atoms with E-state index in [1.54, 1.807) is 0 Å². The van der Waals surface area contributed by atoms with E-state index in [2.05, 4.69) is 10.2 Å². The van der Waals surface area contributed by atoms with Crippen LogP contribution in [0.5, 0.6) is 0 Å². The van der Waals surface area contributed by atoms with E-state index in [1.807, 2.05) is 0 Å². The van der Waals surface area contributed by atoms with Gasteiger partial charge in [0.1, 0.15) is 0 Å². The summed E-state index contributed by atoms with van der Waals surface area (Å²) in [6, 6.07) is 1.76. The summed E-state index contributed by atoms with van der Waals surface area (Å²) < 4.78 is 0. The zero-order valence-electron chi connectivity index (χ0n) is 13.0. The van der Waals surface area contributed by atoms with Gasteiger partial charge in [0.05, 0.1) is 0 Å². The van der Waals surface area contributed by atoms with E-state index >= 15 is 0 Å². The quantitative estimate of drug-likeness (QED) is 0.849. The topological polar surface area (TPSA) is 15.3 Å². The summed E-state index contributed by atoms with van der Waals surface area (Å²) in [6.45, 7) is 4.23. The van der Waals surface area contributed by atoms with Crippen LogP contribution in [-0.2, 0) is 0 Å². The van der Waals surface area contributed by atoms with E-state index in [-0.39, 0.29) is 0 Å². The summed E-state index contributed by atoms with van der Waals surface area (Å²) in [7, 11) is 0. The van der Waals surface area contributed by atoms with Crippen LogP contribution in [-0.4, -0.2) is 36.6 Å². The van der Waals surface area contributed by atoms with Crippen molar-refractivity contribution in [3.8, 4) is 0 Å². The van der Waals surface area contributed by atoms with E-state index in [9.17, 15) is 0 Å². The fourth-order valence-corrected chi connectivity index (χ4v) is 5.66. The third-order valence-corrected chi connectivity index (χ3v) is 6.80. The van der Waals surface area contributed by atoms with Gasteiger partial charge in [0.25, 0.3) is 0 Å². The monoisotopic (exact) mass is 276 g/mol. The van der Waals surface area contributed by atoms with Crippen molar-refractivity contribution >= 4 is 0 Å². The minimum atomic E-state index is 0.878. The Bertz CT molecular complexity index is 317. The highest BCUT2D eigenvalue weighted by Gasteiger charge is 2.34. The predicted octanol–water partition coefficient (Wildman–Crippen LogP) is 3.42. The molecule has 1 saturated carbocycles. The van der Waals surface area contributed by atoms with E-state index in [0.717, 1.165) is 29.8 Å². The van der Waals surface area contributed by atoms with Crippen LogP contribution in [0.2, 0.25) is 0 Å². The molecule has 4 unspecified atom stereocenters. The van der Waals surface area contributed by atoms with E-state index in [1.165, 1.54) is 83.8 Å². The Morgan fingerprint density at radius 3 is 2.40 bits per heavy atom. The summed E-state index contributed by atoms with van der Waals surface area (Å²) in [4.78, 5) is 2.82. The number of fused-ring (bicyclic) bond motifs is 3. The Balaban J connectivity index is 1.23. The molecule has 114 valence electrons. The molecule has 4 rings (SSSR count). The van der Waals surface area contributed by atoms with Crippen LogP contribution in [0.1, 0.15) is 64.2 Å². The minimum absolute atomic E-state index is 0.878. The molecule has 2 nitrogen and oxygen atoms in total. The second kappa shape index (κ2) is 5.96. The summed E-state index contributed by atoms with van der Waals surface area (Å²) in [5, 5.41) is 3.78. The fourth-order valence-electron chi connectivity index (χ4n) is 5.66. The minimum Gasteiger partial charge on any atom is -0.311 e. The summed E-state index contributed by atoms with van der Waals surface area (Å²) in [5.41, 5.74) is 0. The normalized spacial score (nSPS) is 45.3. The average molecular weight is 276 g/mol. The van der Waals surface area contributed by atoms with Gasteiger partial charge in [0.15, 0.2) is 0 Å². The molecule has 4 atom stereocenters. The van der Waals surface area contributed by atoms with Gasteiger partial charge < -0.3 is 10.2 Å². The van der Waals surface area contributed by atoms with E-state index in [4.69, 9.17) is 0 Å². The van der Waals surface area contributed by atoms with Crippen molar-refractivity contribution in [3.05, 3.63) is 0 Å². The number of rotatable bonds is 3. The number of hydrogen-bond donors (Lipinski definition) is 1. The lowest BCUT2D eigenvalue weighted by Gasteiger charge is -2.42. The van der Waals surface area contributed by atoms with Crippen molar-refractivity contribution in [2.45, 2.75) is 76.3 Å². The maximum absolute atomic E-state index is 3.78. The van der Waals surface area contributed by atoms with E-state index in [0.29, 0.717) is 0 Å². The van der Waals surface area contributed by atoms with Crippen LogP contribution >= 0.6 is 0 Å². The van der Waals surface area contributed by atoms with Crippen molar-refractivity contribution in [1.82, 2.24) is 10.2 Å². The lowest BCUT2D eigenvalue weighted by atomic mass is 9.75. The summed E-state index contributed by atoms with van der Waals surface area (Å²) >= 11 is 0. The van der Waals surface area contributed by atoms with Gasteiger partial charge in [-0.2, -0.15) is 0 Å². The van der Waals surface area contributed by atoms with E-state index < -0.39 is 0 Å². The third kappa shape index (κ3) is 2.92. The molecule has 4 aliphatic rings. The molecule has 0 aromatic carbocycles. The highest BCUT2D eigenvalue weighted by Crippen LogP contribution is 2.37. The Morgan fingerprint density at radius 1 is 0.850 bits per heavy atom. The number of nitrogens with one attached hydrogen (secondary N) is 1. The lowest BCUT2D eigenvalue weighted by molar-refractivity contribution is 0.0803. The van der Waals surface area contributed by atoms with Crippen molar-refractivity contribution in [3.63, 3.8) is 0 Å². The second-order valence-corrected chi connectivity index (χ2v) is 8.16. The van der Waals surface area contributed by atoms with Crippen LogP contribution < -0.4 is 5.32 Å². The maximum atomic E-state index is 3.78. The molecule has 1 N–H and O–H groups in total. The molecule has 2 heteroatoms. The van der Waals surface area contributed by atoms with Crippen LogP contribution in [0.3, 0.4) is 0 Å². The first-order valence-electron chi connectivity index (χ1n) is 9.35. The first-order chi connectivity index (χ1) is 9.87. The molecule has 3 saturated heterocycles. The lowest BCUT2D eigenvalue weighted by Crippen LogP contribution is -2.43. The standard InChI is InChI=1S/C18H32N2/c1-2-4-16-13-20(10-8-15(16)3-1)9-7-14-11-17-5-6-18(12-14)19-17/h14-19H,1-13H2. The predicted molar refractivity (Wildman–Crippen MR) is 83.8 cm³/mol. The zero-order chi connectivity index (χ0) is 13.4.